The Labute approximate surface area is 185 Å². The summed E-state index contributed by atoms with van der Waals surface area (Å²) in [5.41, 5.74) is 3.26. The summed E-state index contributed by atoms with van der Waals surface area (Å²) in [4.78, 5) is 16.5. The van der Waals surface area contributed by atoms with E-state index in [1.54, 1.807) is 11.0 Å². The lowest BCUT2D eigenvalue weighted by Crippen LogP contribution is -2.50. The smallest absolute Gasteiger partial charge is 0.321 e. The molecule has 0 bridgehead atoms. The Kier molecular flexibility index (Phi) is 6.06. The van der Waals surface area contributed by atoms with Crippen LogP contribution >= 0.6 is 23.2 Å². The number of hydrogen-bond acceptors (Lipinski definition) is 4. The number of aromatic nitrogens is 2. The summed E-state index contributed by atoms with van der Waals surface area (Å²) in [5, 5.41) is 12.9. The summed E-state index contributed by atoms with van der Waals surface area (Å²) >= 11 is 12.4. The molecule has 0 aliphatic carbocycles. The number of nitrogens with one attached hydrogen (secondary N) is 1. The molecule has 30 heavy (non-hydrogen) atoms. The molecule has 4 rings (SSSR count). The maximum absolute atomic E-state index is 12.6. The molecule has 154 valence electrons. The van der Waals surface area contributed by atoms with Gasteiger partial charge in [0.2, 0.25) is 0 Å². The third-order valence-electron chi connectivity index (χ3n) is 5.11. The highest BCUT2D eigenvalue weighted by molar-refractivity contribution is 6.33. The number of piperazine rings is 1. The Morgan fingerprint density at radius 2 is 1.70 bits per heavy atom. The summed E-state index contributed by atoms with van der Waals surface area (Å²) in [5.74, 6) is 0.788. The lowest BCUT2D eigenvalue weighted by atomic mass is 10.1. The van der Waals surface area contributed by atoms with Gasteiger partial charge < -0.3 is 15.1 Å². The Bertz CT molecular complexity index is 1050. The van der Waals surface area contributed by atoms with Crippen molar-refractivity contribution in [1.82, 2.24) is 15.1 Å². The Hall–Kier alpha value is -2.83. The van der Waals surface area contributed by atoms with Crippen molar-refractivity contribution in [2.24, 2.45) is 0 Å². The predicted octanol–water partition coefficient (Wildman–Crippen LogP) is 5.11. The van der Waals surface area contributed by atoms with E-state index < -0.39 is 0 Å². The second-order valence-electron chi connectivity index (χ2n) is 7.12. The van der Waals surface area contributed by atoms with Crippen molar-refractivity contribution in [3.63, 3.8) is 0 Å². The van der Waals surface area contributed by atoms with E-state index in [4.69, 9.17) is 23.2 Å². The highest BCUT2D eigenvalue weighted by Crippen LogP contribution is 2.26. The summed E-state index contributed by atoms with van der Waals surface area (Å²) in [6, 6.07) is 16.8. The van der Waals surface area contributed by atoms with Crippen LogP contribution in [-0.4, -0.2) is 47.3 Å². The molecule has 1 fully saturated rings. The van der Waals surface area contributed by atoms with Gasteiger partial charge in [-0.1, -0.05) is 47.5 Å². The van der Waals surface area contributed by atoms with Gasteiger partial charge in [0.1, 0.15) is 0 Å². The zero-order valence-electron chi connectivity index (χ0n) is 16.5. The van der Waals surface area contributed by atoms with E-state index in [1.807, 2.05) is 55.5 Å². The van der Waals surface area contributed by atoms with E-state index in [9.17, 15) is 4.79 Å². The number of rotatable bonds is 3. The molecular weight excluding hydrogens is 421 g/mol. The fourth-order valence-corrected chi connectivity index (χ4v) is 3.73. The molecule has 8 heteroatoms. The number of amides is 2. The number of aryl methyl sites for hydroxylation is 1. The molecule has 1 saturated heterocycles. The predicted molar refractivity (Wildman–Crippen MR) is 121 cm³/mol. The maximum Gasteiger partial charge on any atom is 0.321 e. The number of urea groups is 1. The average molecular weight is 442 g/mol. The van der Waals surface area contributed by atoms with Crippen LogP contribution in [0.2, 0.25) is 10.0 Å². The van der Waals surface area contributed by atoms with Crippen LogP contribution in [0.15, 0.2) is 54.6 Å². The number of benzene rings is 2. The highest BCUT2D eigenvalue weighted by Gasteiger charge is 2.22. The topological polar surface area (TPSA) is 61.4 Å². The van der Waals surface area contributed by atoms with Gasteiger partial charge >= 0.3 is 6.03 Å². The molecule has 0 unspecified atom stereocenters. The van der Waals surface area contributed by atoms with E-state index in [2.05, 4.69) is 20.4 Å². The average Bonchev–Trinajstić information content (AvgIpc) is 2.77. The van der Waals surface area contributed by atoms with Crippen LogP contribution in [0.1, 0.15) is 5.56 Å². The largest absolute Gasteiger partial charge is 0.352 e. The van der Waals surface area contributed by atoms with E-state index in [1.165, 1.54) is 0 Å². The Morgan fingerprint density at radius 1 is 0.933 bits per heavy atom. The van der Waals surface area contributed by atoms with Gasteiger partial charge in [-0.05, 0) is 42.8 Å². The van der Waals surface area contributed by atoms with Crippen LogP contribution in [0.3, 0.4) is 0 Å². The summed E-state index contributed by atoms with van der Waals surface area (Å²) in [6.07, 6.45) is 0. The first-order valence-corrected chi connectivity index (χ1v) is 10.4. The van der Waals surface area contributed by atoms with Crippen LogP contribution in [0.25, 0.3) is 11.3 Å². The summed E-state index contributed by atoms with van der Waals surface area (Å²) < 4.78 is 0. The second kappa shape index (κ2) is 8.90. The highest BCUT2D eigenvalue weighted by atomic mass is 35.5. The number of anilines is 2. The van der Waals surface area contributed by atoms with Crippen molar-refractivity contribution < 1.29 is 4.79 Å². The minimum absolute atomic E-state index is 0.130. The Balaban J connectivity index is 1.35. The molecule has 6 nitrogen and oxygen atoms in total. The van der Waals surface area contributed by atoms with Gasteiger partial charge in [0.05, 0.1) is 10.7 Å². The zero-order valence-corrected chi connectivity index (χ0v) is 18.0. The zero-order chi connectivity index (χ0) is 21.1. The van der Waals surface area contributed by atoms with Crippen molar-refractivity contribution in [2.45, 2.75) is 6.92 Å². The number of hydrogen-bond donors (Lipinski definition) is 1. The molecule has 2 aromatic carbocycles. The first kappa shape index (κ1) is 20.4. The molecule has 0 saturated carbocycles. The van der Waals surface area contributed by atoms with E-state index >= 15 is 0 Å². The third-order valence-corrected chi connectivity index (χ3v) is 5.85. The minimum atomic E-state index is -0.130. The lowest BCUT2D eigenvalue weighted by Gasteiger charge is -2.35. The third kappa shape index (κ3) is 4.50. The molecule has 2 amide bonds. The molecule has 1 aliphatic rings. The van der Waals surface area contributed by atoms with Gasteiger partial charge in [-0.25, -0.2) is 4.79 Å². The minimum Gasteiger partial charge on any atom is -0.352 e. The fourth-order valence-electron chi connectivity index (χ4n) is 3.32. The number of nitrogens with zero attached hydrogens (tertiary/aromatic N) is 4. The first-order chi connectivity index (χ1) is 14.5. The fraction of sp³-hybridized carbons (Fsp3) is 0.227. The number of carbonyl (C=O) groups excluding carboxylic acids is 1. The summed E-state index contributed by atoms with van der Waals surface area (Å²) in [7, 11) is 0. The standard InChI is InChI=1S/C22H21Cl2N5O/c1-15-6-7-16(14-19(15)24)25-22(30)29-12-10-28(11-13-29)21-9-8-20(26-27-21)17-4-2-3-5-18(17)23/h2-9,14H,10-13H2,1H3,(H,25,30). The van der Waals surface area contributed by atoms with Crippen LogP contribution in [0.4, 0.5) is 16.3 Å². The van der Waals surface area contributed by atoms with E-state index in [0.29, 0.717) is 41.9 Å². The van der Waals surface area contributed by atoms with Crippen molar-refractivity contribution in [1.29, 1.82) is 0 Å². The van der Waals surface area contributed by atoms with Crippen LogP contribution in [0, 0.1) is 6.92 Å². The molecule has 0 radical (unpaired) electrons. The molecule has 1 aliphatic heterocycles. The molecule has 0 spiro atoms. The molecular formula is C22H21Cl2N5O. The molecule has 1 N–H and O–H groups in total. The lowest BCUT2D eigenvalue weighted by molar-refractivity contribution is 0.208. The normalized spacial score (nSPS) is 14.0. The van der Waals surface area contributed by atoms with Crippen molar-refractivity contribution >= 4 is 40.7 Å². The van der Waals surface area contributed by atoms with Gasteiger partial charge in [-0.2, -0.15) is 0 Å². The Morgan fingerprint density at radius 3 is 2.37 bits per heavy atom. The van der Waals surface area contributed by atoms with Gasteiger partial charge in [0.25, 0.3) is 0 Å². The van der Waals surface area contributed by atoms with E-state index in [-0.39, 0.29) is 6.03 Å². The number of halogens is 2. The molecule has 3 aromatic rings. The van der Waals surface area contributed by atoms with E-state index in [0.717, 1.165) is 22.6 Å². The van der Waals surface area contributed by atoms with Crippen LogP contribution < -0.4 is 10.2 Å². The molecule has 2 heterocycles. The van der Waals surface area contributed by atoms with Crippen molar-refractivity contribution in [3.05, 3.63) is 70.2 Å². The maximum atomic E-state index is 12.6. The van der Waals surface area contributed by atoms with Gasteiger partial charge in [0.15, 0.2) is 5.82 Å². The molecule has 1 aromatic heterocycles. The van der Waals surface area contributed by atoms with Crippen LogP contribution in [-0.2, 0) is 0 Å². The molecule has 0 atom stereocenters. The number of carbonyl (C=O) groups is 1. The van der Waals surface area contributed by atoms with Gasteiger partial charge in [-0.15, -0.1) is 10.2 Å². The van der Waals surface area contributed by atoms with Crippen molar-refractivity contribution in [3.8, 4) is 11.3 Å². The first-order valence-electron chi connectivity index (χ1n) is 9.67. The van der Waals surface area contributed by atoms with Gasteiger partial charge in [-0.3, -0.25) is 0 Å². The SMILES string of the molecule is Cc1ccc(NC(=O)N2CCN(c3ccc(-c4ccccc4Cl)nn3)CC2)cc1Cl. The summed E-state index contributed by atoms with van der Waals surface area (Å²) in [6.45, 7) is 4.49. The monoisotopic (exact) mass is 441 g/mol. The quantitative estimate of drug-likeness (QED) is 0.612. The van der Waals surface area contributed by atoms with Crippen LogP contribution in [0.5, 0.6) is 0 Å². The van der Waals surface area contributed by atoms with Crippen molar-refractivity contribution in [2.75, 3.05) is 36.4 Å². The van der Waals surface area contributed by atoms with Gasteiger partial charge in [0, 0.05) is 42.5 Å². The second-order valence-corrected chi connectivity index (χ2v) is 7.94.